The zero-order valence-electron chi connectivity index (χ0n) is 13.7. The Morgan fingerprint density at radius 2 is 2.33 bits per heavy atom. The smallest absolute Gasteiger partial charge is 0.234 e. The molecule has 1 N–H and O–H groups in total. The van der Waals surface area contributed by atoms with Crippen molar-refractivity contribution in [1.82, 2.24) is 20.1 Å². The van der Waals surface area contributed by atoms with Crippen LogP contribution in [0.2, 0.25) is 0 Å². The van der Waals surface area contributed by atoms with Gasteiger partial charge in [-0.3, -0.25) is 4.98 Å². The maximum atomic E-state index is 8.87. The second-order valence-corrected chi connectivity index (χ2v) is 6.56. The zero-order valence-corrected chi connectivity index (χ0v) is 13.7. The summed E-state index contributed by atoms with van der Waals surface area (Å²) in [5.41, 5.74) is -0.0785. The molecule has 0 bridgehead atoms. The highest BCUT2D eigenvalue weighted by atomic mass is 16.5. The van der Waals surface area contributed by atoms with E-state index in [2.05, 4.69) is 25.0 Å². The summed E-state index contributed by atoms with van der Waals surface area (Å²) in [4.78, 5) is 15.5. The Morgan fingerprint density at radius 3 is 3.12 bits per heavy atom. The van der Waals surface area contributed by atoms with Gasteiger partial charge in [-0.15, -0.1) is 0 Å². The van der Waals surface area contributed by atoms with Gasteiger partial charge in [0.25, 0.3) is 0 Å². The lowest BCUT2D eigenvalue weighted by atomic mass is 9.80. The van der Waals surface area contributed by atoms with Gasteiger partial charge in [0.15, 0.2) is 11.6 Å². The maximum absolute atomic E-state index is 8.87. The van der Waals surface area contributed by atoms with Gasteiger partial charge in [0.1, 0.15) is 6.61 Å². The van der Waals surface area contributed by atoms with Crippen molar-refractivity contribution in [2.75, 3.05) is 31.2 Å². The third-order valence-corrected chi connectivity index (χ3v) is 5.09. The maximum Gasteiger partial charge on any atom is 0.234 e. The first-order valence-electron chi connectivity index (χ1n) is 8.33. The summed E-state index contributed by atoms with van der Waals surface area (Å²) in [7, 11) is 0. The molecule has 8 heteroatoms. The van der Waals surface area contributed by atoms with Crippen LogP contribution in [0.3, 0.4) is 0 Å². The molecule has 0 amide bonds. The summed E-state index contributed by atoms with van der Waals surface area (Å²) in [6.45, 7) is 3.73. The molecule has 2 aromatic rings. The Morgan fingerprint density at radius 1 is 1.42 bits per heavy atom. The number of nitrogens with zero attached hydrogens (tertiary/aromatic N) is 5. The summed E-state index contributed by atoms with van der Waals surface area (Å²) in [6, 6.07) is 0. The van der Waals surface area contributed by atoms with Crippen LogP contribution in [-0.4, -0.2) is 51.5 Å². The highest BCUT2D eigenvalue weighted by Crippen LogP contribution is 2.50. The Hall–Kier alpha value is -2.22. The van der Waals surface area contributed by atoms with Gasteiger partial charge in [-0.1, -0.05) is 11.6 Å². The Kier molecular flexibility index (Phi) is 3.84. The van der Waals surface area contributed by atoms with E-state index in [1.54, 1.807) is 12.4 Å². The average Bonchev–Trinajstić information content (AvgIpc) is 3.26. The van der Waals surface area contributed by atoms with Gasteiger partial charge >= 0.3 is 0 Å². The fourth-order valence-corrected chi connectivity index (χ4v) is 4.02. The third-order valence-electron chi connectivity index (χ3n) is 5.09. The first kappa shape index (κ1) is 15.3. The molecule has 2 fully saturated rings. The Balaban J connectivity index is 1.59. The van der Waals surface area contributed by atoms with Crippen LogP contribution in [0.5, 0.6) is 5.88 Å². The molecule has 2 aliphatic rings. The van der Waals surface area contributed by atoms with Crippen molar-refractivity contribution >= 4 is 5.82 Å². The molecular formula is C16H21N5O3. The molecule has 3 heterocycles. The van der Waals surface area contributed by atoms with Crippen LogP contribution in [0.15, 0.2) is 16.9 Å². The van der Waals surface area contributed by atoms with Gasteiger partial charge in [-0.25, -0.2) is 0 Å². The molecule has 0 unspecified atom stereocenters. The predicted molar refractivity (Wildman–Crippen MR) is 84.9 cm³/mol. The van der Waals surface area contributed by atoms with Gasteiger partial charge < -0.3 is 19.3 Å². The van der Waals surface area contributed by atoms with Crippen molar-refractivity contribution in [1.29, 1.82) is 0 Å². The molecule has 1 aliphatic heterocycles. The van der Waals surface area contributed by atoms with Crippen LogP contribution < -0.4 is 9.64 Å². The topological polar surface area (TPSA) is 97.4 Å². The van der Waals surface area contributed by atoms with E-state index in [1.807, 2.05) is 6.92 Å². The average molecular weight is 331 g/mol. The monoisotopic (exact) mass is 331 g/mol. The van der Waals surface area contributed by atoms with Crippen molar-refractivity contribution in [3.63, 3.8) is 0 Å². The van der Waals surface area contributed by atoms with E-state index in [9.17, 15) is 0 Å². The summed E-state index contributed by atoms with van der Waals surface area (Å²) < 4.78 is 10.9. The van der Waals surface area contributed by atoms with E-state index in [4.69, 9.17) is 14.4 Å². The minimum absolute atomic E-state index is 0.0443. The SMILES string of the molecule is Cc1noc([C@]23CCC[C@H]2CN(c2cncc(OCCO)n2)C3)n1. The lowest BCUT2D eigenvalue weighted by molar-refractivity contribution is 0.196. The lowest BCUT2D eigenvalue weighted by Gasteiger charge is -2.24. The molecule has 1 saturated heterocycles. The van der Waals surface area contributed by atoms with E-state index in [0.29, 0.717) is 17.6 Å². The molecule has 2 atom stereocenters. The number of aliphatic hydroxyl groups is 1. The summed E-state index contributed by atoms with van der Waals surface area (Å²) >= 11 is 0. The van der Waals surface area contributed by atoms with Crippen LogP contribution in [0.1, 0.15) is 31.0 Å². The van der Waals surface area contributed by atoms with E-state index in [-0.39, 0.29) is 18.6 Å². The summed E-state index contributed by atoms with van der Waals surface area (Å²) in [6.07, 6.45) is 6.72. The molecule has 0 radical (unpaired) electrons. The minimum atomic E-state index is -0.0785. The Bertz CT molecular complexity index is 721. The number of fused-ring (bicyclic) bond motifs is 1. The molecule has 1 aliphatic carbocycles. The third kappa shape index (κ3) is 2.50. The Labute approximate surface area is 139 Å². The second kappa shape index (κ2) is 6.01. The highest BCUT2D eigenvalue weighted by molar-refractivity contribution is 5.43. The molecule has 4 rings (SSSR count). The predicted octanol–water partition coefficient (Wildman–Crippen LogP) is 1.10. The number of hydrogen-bond acceptors (Lipinski definition) is 8. The van der Waals surface area contributed by atoms with E-state index in [1.165, 1.54) is 6.42 Å². The number of hydrogen-bond donors (Lipinski definition) is 1. The number of aryl methyl sites for hydroxylation is 1. The number of aliphatic hydroxyl groups excluding tert-OH is 1. The van der Waals surface area contributed by atoms with Crippen LogP contribution in [0.4, 0.5) is 5.82 Å². The summed E-state index contributed by atoms with van der Waals surface area (Å²) in [5, 5.41) is 12.9. The number of ether oxygens (including phenoxy) is 1. The fourth-order valence-electron chi connectivity index (χ4n) is 4.02. The summed E-state index contributed by atoms with van der Waals surface area (Å²) in [5.74, 6) is 3.14. The van der Waals surface area contributed by atoms with Crippen molar-refractivity contribution < 1.29 is 14.4 Å². The van der Waals surface area contributed by atoms with Crippen molar-refractivity contribution in [2.24, 2.45) is 5.92 Å². The first-order chi connectivity index (χ1) is 11.7. The quantitative estimate of drug-likeness (QED) is 0.870. The normalized spacial score (nSPS) is 25.9. The van der Waals surface area contributed by atoms with Crippen LogP contribution in [0, 0.1) is 12.8 Å². The van der Waals surface area contributed by atoms with Gasteiger partial charge in [-0.2, -0.15) is 9.97 Å². The fraction of sp³-hybridized carbons (Fsp3) is 0.625. The molecular weight excluding hydrogens is 310 g/mol. The van der Waals surface area contributed by atoms with Crippen molar-refractivity contribution in [2.45, 2.75) is 31.6 Å². The van der Waals surface area contributed by atoms with E-state index in [0.717, 1.165) is 37.6 Å². The number of anilines is 1. The van der Waals surface area contributed by atoms with Crippen LogP contribution in [0.25, 0.3) is 0 Å². The molecule has 24 heavy (non-hydrogen) atoms. The highest BCUT2D eigenvalue weighted by Gasteiger charge is 2.54. The zero-order chi connectivity index (χ0) is 16.6. The number of aromatic nitrogens is 4. The first-order valence-corrected chi connectivity index (χ1v) is 8.33. The van der Waals surface area contributed by atoms with Gasteiger partial charge in [0, 0.05) is 13.1 Å². The van der Waals surface area contributed by atoms with Crippen LogP contribution >= 0.6 is 0 Å². The molecule has 8 nitrogen and oxygen atoms in total. The number of rotatable bonds is 5. The lowest BCUT2D eigenvalue weighted by Crippen LogP contribution is -2.32. The second-order valence-electron chi connectivity index (χ2n) is 6.56. The van der Waals surface area contributed by atoms with Gasteiger partial charge in [0.05, 0.1) is 24.4 Å². The molecule has 0 spiro atoms. The largest absolute Gasteiger partial charge is 0.474 e. The minimum Gasteiger partial charge on any atom is -0.474 e. The standard InChI is InChI=1S/C16H21N5O3/c1-11-18-15(24-20-11)16-4-2-3-12(16)9-21(10-16)13-7-17-8-14(19-13)23-6-5-22/h7-8,12,22H,2-6,9-10H2,1H3/t12-,16-/m0/s1. The molecule has 0 aromatic carbocycles. The molecule has 1 saturated carbocycles. The van der Waals surface area contributed by atoms with Gasteiger partial charge in [0.2, 0.25) is 11.8 Å². The van der Waals surface area contributed by atoms with Crippen LogP contribution in [-0.2, 0) is 5.41 Å². The van der Waals surface area contributed by atoms with E-state index < -0.39 is 0 Å². The van der Waals surface area contributed by atoms with Crippen molar-refractivity contribution in [3.05, 3.63) is 24.1 Å². The molecule has 128 valence electrons. The molecule has 2 aromatic heterocycles. The van der Waals surface area contributed by atoms with Gasteiger partial charge in [-0.05, 0) is 25.7 Å². The van der Waals surface area contributed by atoms with E-state index >= 15 is 0 Å². The van der Waals surface area contributed by atoms with Crippen molar-refractivity contribution in [3.8, 4) is 5.88 Å².